The molecule has 1 amide bonds. The van der Waals surface area contributed by atoms with Gasteiger partial charge in [0.15, 0.2) is 0 Å². The molecule has 4 unspecified atom stereocenters. The summed E-state index contributed by atoms with van der Waals surface area (Å²) in [5.74, 6) is 2.12. The molecule has 2 aliphatic rings. The van der Waals surface area contributed by atoms with Crippen LogP contribution in [0.2, 0.25) is 0 Å². The molecule has 0 spiro atoms. The van der Waals surface area contributed by atoms with Crippen LogP contribution in [0.5, 0.6) is 0 Å². The Morgan fingerprint density at radius 3 is 2.68 bits per heavy atom. The highest BCUT2D eigenvalue weighted by molar-refractivity contribution is 6.18. The summed E-state index contributed by atoms with van der Waals surface area (Å²) >= 11 is 6.03. The van der Waals surface area contributed by atoms with Crippen molar-refractivity contribution in [2.24, 2.45) is 17.8 Å². The third-order valence-corrected chi connectivity index (χ3v) is 5.15. The SMILES string of the molecule is CCC1OCCC1C(=O)NCC1CCCCC1CCl. The topological polar surface area (TPSA) is 38.3 Å². The highest BCUT2D eigenvalue weighted by Crippen LogP contribution is 2.30. The molecule has 1 aliphatic carbocycles. The van der Waals surface area contributed by atoms with Crippen molar-refractivity contribution in [3.8, 4) is 0 Å². The van der Waals surface area contributed by atoms with E-state index in [2.05, 4.69) is 12.2 Å². The molecule has 3 nitrogen and oxygen atoms in total. The van der Waals surface area contributed by atoms with Gasteiger partial charge in [0.25, 0.3) is 0 Å². The van der Waals surface area contributed by atoms with Crippen molar-refractivity contribution in [3.63, 3.8) is 0 Å². The van der Waals surface area contributed by atoms with Crippen LogP contribution in [0.4, 0.5) is 0 Å². The Labute approximate surface area is 121 Å². The zero-order valence-corrected chi connectivity index (χ0v) is 12.6. The summed E-state index contributed by atoms with van der Waals surface area (Å²) in [5, 5.41) is 3.15. The number of carbonyl (C=O) groups is 1. The summed E-state index contributed by atoms with van der Waals surface area (Å²) in [5.41, 5.74) is 0. The highest BCUT2D eigenvalue weighted by atomic mass is 35.5. The van der Waals surface area contributed by atoms with Crippen LogP contribution in [-0.4, -0.2) is 31.0 Å². The van der Waals surface area contributed by atoms with Gasteiger partial charge in [-0.25, -0.2) is 0 Å². The lowest BCUT2D eigenvalue weighted by atomic mass is 9.80. The van der Waals surface area contributed by atoms with Crippen molar-refractivity contribution < 1.29 is 9.53 Å². The largest absolute Gasteiger partial charge is 0.377 e. The quantitative estimate of drug-likeness (QED) is 0.790. The van der Waals surface area contributed by atoms with E-state index in [-0.39, 0.29) is 17.9 Å². The van der Waals surface area contributed by atoms with Crippen LogP contribution in [0, 0.1) is 17.8 Å². The van der Waals surface area contributed by atoms with E-state index in [1.165, 1.54) is 25.7 Å². The highest BCUT2D eigenvalue weighted by Gasteiger charge is 2.33. The van der Waals surface area contributed by atoms with E-state index in [1.54, 1.807) is 0 Å². The fourth-order valence-electron chi connectivity index (χ4n) is 3.47. The van der Waals surface area contributed by atoms with E-state index in [1.807, 2.05) is 0 Å². The number of carbonyl (C=O) groups excluding carboxylic acids is 1. The standard InChI is InChI=1S/C15H26ClNO2/c1-2-14-13(7-8-19-14)15(18)17-10-12-6-4-3-5-11(12)9-16/h11-14H,2-10H2,1H3,(H,17,18). The fourth-order valence-corrected chi connectivity index (χ4v) is 3.88. The first-order valence-electron chi connectivity index (χ1n) is 7.71. The smallest absolute Gasteiger partial charge is 0.225 e. The molecule has 0 bridgehead atoms. The van der Waals surface area contributed by atoms with E-state index >= 15 is 0 Å². The predicted molar refractivity (Wildman–Crippen MR) is 77.3 cm³/mol. The second-order valence-corrected chi connectivity index (χ2v) is 6.23. The van der Waals surface area contributed by atoms with Gasteiger partial charge in [-0.05, 0) is 37.5 Å². The molecular weight excluding hydrogens is 262 g/mol. The van der Waals surface area contributed by atoms with E-state index in [9.17, 15) is 4.79 Å². The number of halogens is 1. The molecule has 19 heavy (non-hydrogen) atoms. The molecule has 4 atom stereocenters. The number of rotatable bonds is 5. The fraction of sp³-hybridized carbons (Fsp3) is 0.933. The van der Waals surface area contributed by atoms with E-state index in [0.717, 1.165) is 31.9 Å². The van der Waals surface area contributed by atoms with Crippen molar-refractivity contribution >= 4 is 17.5 Å². The average Bonchev–Trinajstić information content (AvgIpc) is 2.93. The van der Waals surface area contributed by atoms with Gasteiger partial charge in [-0.15, -0.1) is 11.6 Å². The van der Waals surface area contributed by atoms with Gasteiger partial charge in [-0.2, -0.15) is 0 Å². The predicted octanol–water partition coefficient (Wildman–Crippen LogP) is 2.96. The second-order valence-electron chi connectivity index (χ2n) is 5.92. The van der Waals surface area contributed by atoms with Crippen molar-refractivity contribution in [2.45, 2.75) is 51.6 Å². The van der Waals surface area contributed by atoms with Gasteiger partial charge in [0.1, 0.15) is 0 Å². The maximum absolute atomic E-state index is 12.2. The van der Waals surface area contributed by atoms with Crippen molar-refractivity contribution in [1.29, 1.82) is 0 Å². The molecule has 1 saturated heterocycles. The summed E-state index contributed by atoms with van der Waals surface area (Å²) in [6.07, 6.45) is 6.90. The van der Waals surface area contributed by atoms with E-state index in [4.69, 9.17) is 16.3 Å². The lowest BCUT2D eigenvalue weighted by molar-refractivity contribution is -0.127. The molecule has 0 aromatic heterocycles. The van der Waals surface area contributed by atoms with Gasteiger partial charge in [-0.3, -0.25) is 4.79 Å². The Morgan fingerprint density at radius 1 is 1.26 bits per heavy atom. The van der Waals surface area contributed by atoms with Crippen LogP contribution in [-0.2, 0) is 9.53 Å². The maximum Gasteiger partial charge on any atom is 0.225 e. The Kier molecular flexibility index (Phi) is 5.96. The number of ether oxygens (including phenoxy) is 1. The summed E-state index contributed by atoms with van der Waals surface area (Å²) in [6.45, 7) is 3.61. The molecule has 2 fully saturated rings. The molecule has 110 valence electrons. The summed E-state index contributed by atoms with van der Waals surface area (Å²) in [7, 11) is 0. The molecule has 1 saturated carbocycles. The molecule has 1 N–H and O–H groups in total. The van der Waals surface area contributed by atoms with Crippen LogP contribution in [0.15, 0.2) is 0 Å². The first-order valence-corrected chi connectivity index (χ1v) is 8.25. The third-order valence-electron chi connectivity index (χ3n) is 4.75. The summed E-state index contributed by atoms with van der Waals surface area (Å²) in [4.78, 5) is 12.2. The number of nitrogens with one attached hydrogen (secondary N) is 1. The van der Waals surface area contributed by atoms with Crippen LogP contribution in [0.25, 0.3) is 0 Å². The number of hydrogen-bond acceptors (Lipinski definition) is 2. The van der Waals surface area contributed by atoms with Crippen LogP contribution < -0.4 is 5.32 Å². The number of hydrogen-bond donors (Lipinski definition) is 1. The van der Waals surface area contributed by atoms with Gasteiger partial charge in [0, 0.05) is 19.0 Å². The minimum absolute atomic E-state index is 0.0584. The Bertz CT molecular complexity index is 298. The minimum atomic E-state index is 0.0584. The first kappa shape index (κ1) is 15.1. The zero-order chi connectivity index (χ0) is 13.7. The van der Waals surface area contributed by atoms with E-state index < -0.39 is 0 Å². The molecule has 0 radical (unpaired) electrons. The number of amides is 1. The second kappa shape index (κ2) is 7.49. The van der Waals surface area contributed by atoms with Crippen molar-refractivity contribution in [1.82, 2.24) is 5.32 Å². The first-order chi connectivity index (χ1) is 9.26. The summed E-state index contributed by atoms with van der Waals surface area (Å²) < 4.78 is 5.59. The molecule has 0 aromatic rings. The number of alkyl halides is 1. The van der Waals surface area contributed by atoms with Crippen LogP contribution >= 0.6 is 11.6 Å². The molecule has 0 aromatic carbocycles. The van der Waals surface area contributed by atoms with Gasteiger partial charge < -0.3 is 10.1 Å². The zero-order valence-electron chi connectivity index (χ0n) is 11.9. The monoisotopic (exact) mass is 287 g/mol. The van der Waals surface area contributed by atoms with Crippen LogP contribution in [0.1, 0.15) is 45.4 Å². The van der Waals surface area contributed by atoms with E-state index in [0.29, 0.717) is 11.8 Å². The lowest BCUT2D eigenvalue weighted by Gasteiger charge is -2.30. The Balaban J connectivity index is 1.79. The van der Waals surface area contributed by atoms with Gasteiger partial charge in [0.2, 0.25) is 5.91 Å². The molecular formula is C15H26ClNO2. The lowest BCUT2D eigenvalue weighted by Crippen LogP contribution is -2.40. The molecule has 4 heteroatoms. The van der Waals surface area contributed by atoms with Crippen LogP contribution in [0.3, 0.4) is 0 Å². The van der Waals surface area contributed by atoms with Crippen molar-refractivity contribution in [3.05, 3.63) is 0 Å². The molecule has 1 heterocycles. The average molecular weight is 288 g/mol. The van der Waals surface area contributed by atoms with Gasteiger partial charge in [-0.1, -0.05) is 19.8 Å². The normalized spacial score (nSPS) is 35.3. The summed E-state index contributed by atoms with van der Waals surface area (Å²) in [6, 6.07) is 0. The Morgan fingerprint density at radius 2 is 2.00 bits per heavy atom. The Hall–Kier alpha value is -0.280. The van der Waals surface area contributed by atoms with Gasteiger partial charge in [0.05, 0.1) is 12.0 Å². The third kappa shape index (κ3) is 3.85. The minimum Gasteiger partial charge on any atom is -0.377 e. The van der Waals surface area contributed by atoms with Gasteiger partial charge >= 0.3 is 0 Å². The van der Waals surface area contributed by atoms with Crippen molar-refractivity contribution in [2.75, 3.05) is 19.0 Å². The molecule has 2 rings (SSSR count). The molecule has 1 aliphatic heterocycles. The maximum atomic E-state index is 12.2.